The van der Waals surface area contributed by atoms with Crippen molar-refractivity contribution in [2.45, 2.75) is 0 Å². The third-order valence-electron chi connectivity index (χ3n) is 3.47. The van der Waals surface area contributed by atoms with E-state index in [0.717, 1.165) is 14.5 Å². The number of nitrogens with one attached hydrogen (secondary N) is 1. The van der Waals surface area contributed by atoms with Crippen LogP contribution in [0.2, 0.25) is 10.0 Å². The maximum atomic E-state index is 12.3. The maximum Gasteiger partial charge on any atom is 0.264 e. The highest BCUT2D eigenvalue weighted by Gasteiger charge is 2.24. The molecule has 1 aliphatic heterocycles. The summed E-state index contributed by atoms with van der Waals surface area (Å²) in [7, 11) is 0. The minimum atomic E-state index is -0.235. The molecule has 0 saturated carbocycles. The predicted octanol–water partition coefficient (Wildman–Crippen LogP) is 6.97. The molecule has 1 saturated heterocycles. The summed E-state index contributed by atoms with van der Waals surface area (Å²) in [5.41, 5.74) is 1.32. The van der Waals surface area contributed by atoms with Crippen molar-refractivity contribution in [1.29, 1.82) is 0 Å². The van der Waals surface area contributed by atoms with Crippen LogP contribution in [0.25, 0.3) is 6.08 Å². The van der Waals surface area contributed by atoms with Crippen molar-refractivity contribution in [3.8, 4) is 5.75 Å². The molecule has 3 rings (SSSR count). The van der Waals surface area contributed by atoms with E-state index in [9.17, 15) is 4.79 Å². The molecular weight excluding hydrogens is 551 g/mol. The molecule has 0 aliphatic carbocycles. The van der Waals surface area contributed by atoms with E-state index in [1.165, 1.54) is 11.8 Å². The van der Waals surface area contributed by atoms with Crippen LogP contribution in [0.1, 0.15) is 5.56 Å². The van der Waals surface area contributed by atoms with Crippen LogP contribution >= 0.6 is 66.8 Å². The second-order valence-electron chi connectivity index (χ2n) is 5.47. The normalized spacial score (nSPS) is 16.5. The molecule has 0 radical (unpaired) electrons. The van der Waals surface area contributed by atoms with Crippen LogP contribution < -0.4 is 10.1 Å². The Bertz CT molecular complexity index is 1000. The van der Waals surface area contributed by atoms with Gasteiger partial charge in [0, 0.05) is 0 Å². The van der Waals surface area contributed by atoms with Gasteiger partial charge in [0.15, 0.2) is 5.17 Å². The number of amidine groups is 1. The summed E-state index contributed by atoms with van der Waals surface area (Å²) >= 11 is 20.4. The van der Waals surface area contributed by atoms with Gasteiger partial charge in [-0.15, -0.1) is 0 Å². The average Bonchev–Trinajstić information content (AvgIpc) is 2.97. The van der Waals surface area contributed by atoms with Crippen molar-refractivity contribution in [3.05, 3.63) is 72.4 Å². The summed E-state index contributed by atoms with van der Waals surface area (Å²) in [5, 5.41) is 3.91. The summed E-state index contributed by atoms with van der Waals surface area (Å²) in [4.78, 5) is 17.2. The lowest BCUT2D eigenvalue weighted by Crippen LogP contribution is -2.19. The fraction of sp³-hybridized carbons (Fsp3) is 0.0526. The fourth-order valence-electron chi connectivity index (χ4n) is 2.26. The maximum absolute atomic E-state index is 12.3. The zero-order valence-corrected chi connectivity index (χ0v) is 19.6. The van der Waals surface area contributed by atoms with Gasteiger partial charge in [-0.2, -0.15) is 0 Å². The zero-order valence-electron chi connectivity index (χ0n) is 14.1. The Hall–Kier alpha value is -1.25. The highest BCUT2D eigenvalue weighted by Crippen LogP contribution is 2.37. The molecule has 0 unspecified atom stereocenters. The van der Waals surface area contributed by atoms with E-state index in [1.807, 2.05) is 12.1 Å². The lowest BCUT2D eigenvalue weighted by atomic mass is 10.2. The average molecular weight is 563 g/mol. The number of hydrogen-bond donors (Lipinski definition) is 1. The Kier molecular flexibility index (Phi) is 7.28. The number of nitrogens with zero attached hydrogens (tertiary/aromatic N) is 1. The van der Waals surface area contributed by atoms with E-state index in [0.29, 0.717) is 38.2 Å². The second kappa shape index (κ2) is 9.50. The van der Waals surface area contributed by atoms with Crippen molar-refractivity contribution in [2.75, 3.05) is 6.61 Å². The van der Waals surface area contributed by atoms with Crippen LogP contribution in [-0.2, 0) is 4.79 Å². The van der Waals surface area contributed by atoms with Gasteiger partial charge in [-0.3, -0.25) is 4.79 Å². The van der Waals surface area contributed by atoms with Crippen molar-refractivity contribution in [3.63, 3.8) is 0 Å². The molecule has 1 amide bonds. The molecule has 0 bridgehead atoms. The summed E-state index contributed by atoms with van der Waals surface area (Å²) in [5.74, 6) is 0.435. The highest BCUT2D eigenvalue weighted by molar-refractivity contribution is 9.11. The molecule has 2 aromatic rings. The molecule has 144 valence electrons. The monoisotopic (exact) mass is 560 g/mol. The summed E-state index contributed by atoms with van der Waals surface area (Å²) < 4.78 is 7.13. The Balaban J connectivity index is 1.86. The van der Waals surface area contributed by atoms with Gasteiger partial charge in [0.05, 0.1) is 29.6 Å². The van der Waals surface area contributed by atoms with Gasteiger partial charge in [-0.1, -0.05) is 41.9 Å². The molecule has 9 heteroatoms. The van der Waals surface area contributed by atoms with Gasteiger partial charge < -0.3 is 10.1 Å². The Morgan fingerprint density at radius 1 is 1.25 bits per heavy atom. The predicted molar refractivity (Wildman–Crippen MR) is 125 cm³/mol. The summed E-state index contributed by atoms with van der Waals surface area (Å²) in [6.45, 7) is 4.03. The van der Waals surface area contributed by atoms with Crippen molar-refractivity contribution in [2.24, 2.45) is 4.99 Å². The molecular formula is C19H12Br2Cl2N2O2S. The minimum absolute atomic E-state index is 0.235. The molecule has 0 spiro atoms. The number of carbonyl (C=O) groups is 1. The van der Waals surface area contributed by atoms with Gasteiger partial charge in [0.25, 0.3) is 5.91 Å². The Labute approximate surface area is 193 Å². The first-order valence-corrected chi connectivity index (χ1v) is 11.0. The van der Waals surface area contributed by atoms with Crippen LogP contribution in [0.15, 0.2) is 61.8 Å². The molecule has 4 nitrogen and oxygen atoms in total. The molecule has 0 aromatic heterocycles. The third-order valence-corrected chi connectivity index (χ3v) is 6.36. The Morgan fingerprint density at radius 2 is 1.96 bits per heavy atom. The number of rotatable bonds is 5. The summed E-state index contributed by atoms with van der Waals surface area (Å²) in [6.07, 6.45) is 3.44. The van der Waals surface area contributed by atoms with Gasteiger partial charge >= 0.3 is 0 Å². The van der Waals surface area contributed by atoms with E-state index >= 15 is 0 Å². The molecule has 0 atom stereocenters. The van der Waals surface area contributed by atoms with E-state index in [-0.39, 0.29) is 5.91 Å². The molecule has 1 fully saturated rings. The topological polar surface area (TPSA) is 50.7 Å². The van der Waals surface area contributed by atoms with Crippen molar-refractivity contribution >= 4 is 89.7 Å². The molecule has 28 heavy (non-hydrogen) atoms. The minimum Gasteiger partial charge on any atom is -0.487 e. The number of benzene rings is 2. The van der Waals surface area contributed by atoms with E-state index in [2.05, 4.69) is 48.7 Å². The second-order valence-corrected chi connectivity index (χ2v) is 8.99. The van der Waals surface area contributed by atoms with Crippen LogP contribution in [-0.4, -0.2) is 17.7 Å². The first-order valence-electron chi connectivity index (χ1n) is 7.85. The van der Waals surface area contributed by atoms with Gasteiger partial charge in [-0.05, 0) is 79.5 Å². The first-order chi connectivity index (χ1) is 13.4. The number of amides is 1. The molecule has 2 aromatic carbocycles. The number of aliphatic imine (C=N–C) groups is 1. The zero-order chi connectivity index (χ0) is 20.3. The highest BCUT2D eigenvalue weighted by atomic mass is 79.9. The van der Waals surface area contributed by atoms with Gasteiger partial charge in [-0.25, -0.2) is 4.99 Å². The van der Waals surface area contributed by atoms with E-state index in [4.69, 9.17) is 27.9 Å². The van der Waals surface area contributed by atoms with Gasteiger partial charge in [0.1, 0.15) is 12.4 Å². The van der Waals surface area contributed by atoms with Crippen LogP contribution in [0.4, 0.5) is 5.69 Å². The van der Waals surface area contributed by atoms with Crippen LogP contribution in [0, 0.1) is 0 Å². The van der Waals surface area contributed by atoms with Crippen LogP contribution in [0.5, 0.6) is 5.75 Å². The lowest BCUT2D eigenvalue weighted by molar-refractivity contribution is -0.115. The van der Waals surface area contributed by atoms with Crippen molar-refractivity contribution in [1.82, 2.24) is 5.32 Å². The number of ether oxygens (including phenoxy) is 1. The largest absolute Gasteiger partial charge is 0.487 e. The van der Waals surface area contributed by atoms with Crippen LogP contribution in [0.3, 0.4) is 0 Å². The van der Waals surface area contributed by atoms with E-state index in [1.54, 1.807) is 30.4 Å². The van der Waals surface area contributed by atoms with Crippen molar-refractivity contribution < 1.29 is 9.53 Å². The number of hydrogen-bond acceptors (Lipinski definition) is 4. The fourth-order valence-corrected chi connectivity index (χ4v) is 4.89. The number of carbonyl (C=O) groups excluding carboxylic acids is 1. The molecule has 1 heterocycles. The third kappa shape index (κ3) is 5.02. The standard InChI is InChI=1S/C19H12Br2Cl2N2O2S/c1-2-6-27-17-11(20)7-10(8-12(17)21)9-15-18(26)25-19(28-15)24-14-5-3-4-13(22)16(14)23/h2-5,7-9H,1,6H2,(H,24,25,26)/b15-9+. The quantitative estimate of drug-likeness (QED) is 0.316. The molecule has 1 aliphatic rings. The number of thioether (sulfide) groups is 1. The summed E-state index contributed by atoms with van der Waals surface area (Å²) in [6, 6.07) is 8.89. The smallest absolute Gasteiger partial charge is 0.264 e. The lowest BCUT2D eigenvalue weighted by Gasteiger charge is -2.09. The van der Waals surface area contributed by atoms with E-state index < -0.39 is 0 Å². The Morgan fingerprint density at radius 3 is 2.64 bits per heavy atom. The molecule has 1 N–H and O–H groups in total. The number of halogens is 4. The first kappa shape index (κ1) is 21.5. The SMILES string of the molecule is C=CCOc1c(Br)cc(/C=C2/SC(=Nc3cccc(Cl)c3Cl)NC2=O)cc1Br. The van der Waals surface area contributed by atoms with Gasteiger partial charge in [0.2, 0.25) is 0 Å².